The van der Waals surface area contributed by atoms with Crippen molar-refractivity contribution in [3.05, 3.63) is 12.2 Å². The normalized spacial score (nSPS) is 60.8. The summed E-state index contributed by atoms with van der Waals surface area (Å²) in [5.41, 5.74) is -9.52. The van der Waals surface area contributed by atoms with Gasteiger partial charge in [-0.25, -0.2) is 4.79 Å². The summed E-state index contributed by atoms with van der Waals surface area (Å²) >= 11 is 0. The minimum atomic E-state index is -2.28. The summed E-state index contributed by atoms with van der Waals surface area (Å²) in [6.45, 7) is 4.93. The molecule has 5 bridgehead atoms. The van der Waals surface area contributed by atoms with Crippen molar-refractivity contribution in [3.63, 3.8) is 0 Å². The van der Waals surface area contributed by atoms with Gasteiger partial charge in [0.15, 0.2) is 28.4 Å². The number of ether oxygens (including phenoxy) is 5. The van der Waals surface area contributed by atoms with Gasteiger partial charge in [0.1, 0.15) is 11.7 Å². The molecule has 2 N–H and O–H groups in total. The third-order valence-electron chi connectivity index (χ3n) is 13.0. The van der Waals surface area contributed by atoms with Gasteiger partial charge in [-0.2, -0.15) is 0 Å². The van der Waals surface area contributed by atoms with E-state index in [1.165, 1.54) is 13.2 Å². The van der Waals surface area contributed by atoms with Gasteiger partial charge in [0.2, 0.25) is 5.79 Å². The van der Waals surface area contributed by atoms with E-state index in [-0.39, 0.29) is 44.5 Å². The lowest BCUT2D eigenvalue weighted by atomic mass is 9.46. The highest BCUT2D eigenvalue weighted by Gasteiger charge is 2.93. The van der Waals surface area contributed by atoms with Gasteiger partial charge in [0.05, 0.1) is 30.0 Å². The fourth-order valence-electron chi connectivity index (χ4n) is 11.0. The molecular formula is C29H34O11. The van der Waals surface area contributed by atoms with Crippen LogP contribution in [-0.2, 0) is 42.9 Å². The Balaban J connectivity index is 1.43. The highest BCUT2D eigenvalue weighted by Crippen LogP contribution is 2.75. The Bertz CT molecular complexity index is 1340. The zero-order valence-electron chi connectivity index (χ0n) is 22.9. The zero-order chi connectivity index (χ0) is 28.5. The molecule has 11 heteroatoms. The van der Waals surface area contributed by atoms with Crippen LogP contribution in [0, 0.1) is 34.5 Å². The molecule has 7 fully saturated rings. The van der Waals surface area contributed by atoms with Crippen LogP contribution < -0.4 is 0 Å². The largest absolute Gasteiger partial charge is 0.458 e. The van der Waals surface area contributed by atoms with Crippen LogP contribution in [0.25, 0.3) is 0 Å². The van der Waals surface area contributed by atoms with E-state index in [1.54, 1.807) is 19.9 Å². The number of aliphatic hydroxyl groups excluding tert-OH is 1. The molecule has 3 aliphatic carbocycles. The fraction of sp³-hybridized carbons (Fsp3) is 0.793. The molecule has 8 rings (SSSR count). The molecule has 216 valence electrons. The van der Waals surface area contributed by atoms with Crippen LogP contribution >= 0.6 is 0 Å². The molecule has 0 aromatic rings. The molecule has 11 nitrogen and oxygen atoms in total. The number of aliphatic hydroxyl groups is 2. The van der Waals surface area contributed by atoms with E-state index in [9.17, 15) is 29.4 Å². The van der Waals surface area contributed by atoms with Crippen LogP contribution in [0.1, 0.15) is 52.9 Å². The first-order chi connectivity index (χ1) is 18.7. The van der Waals surface area contributed by atoms with E-state index >= 15 is 0 Å². The lowest BCUT2D eigenvalue weighted by Crippen LogP contribution is -2.79. The Hall–Kier alpha value is -2.18. The molecule has 5 saturated heterocycles. The maximum absolute atomic E-state index is 15.0. The number of Topliss-reactive ketones (excluding diaryl/α,β-unsaturated/α-hetero) is 1. The van der Waals surface area contributed by atoms with E-state index in [4.69, 9.17) is 23.7 Å². The minimum Gasteiger partial charge on any atom is -0.458 e. The van der Waals surface area contributed by atoms with Crippen molar-refractivity contribution in [3.8, 4) is 0 Å². The first kappa shape index (κ1) is 25.5. The van der Waals surface area contributed by atoms with E-state index in [2.05, 4.69) is 0 Å². The number of carbonyl (C=O) groups excluding carboxylic acids is 4. The number of hydrogen-bond acceptors (Lipinski definition) is 11. The molecule has 8 aliphatic rings. The molecule has 1 unspecified atom stereocenters. The summed E-state index contributed by atoms with van der Waals surface area (Å²) in [7, 11) is 1.46. The van der Waals surface area contributed by atoms with Crippen LogP contribution in [0.4, 0.5) is 0 Å². The molecule has 2 saturated carbocycles. The summed E-state index contributed by atoms with van der Waals surface area (Å²) in [6, 6.07) is 0. The predicted octanol–water partition coefficient (Wildman–Crippen LogP) is 0.377. The van der Waals surface area contributed by atoms with E-state index in [1.807, 2.05) is 6.92 Å². The van der Waals surface area contributed by atoms with Crippen molar-refractivity contribution < 1.29 is 53.1 Å². The molecule has 0 aromatic heterocycles. The van der Waals surface area contributed by atoms with Crippen molar-refractivity contribution in [2.24, 2.45) is 34.5 Å². The van der Waals surface area contributed by atoms with Crippen molar-refractivity contribution in [1.29, 1.82) is 0 Å². The van der Waals surface area contributed by atoms with E-state index < -0.39 is 92.6 Å². The maximum atomic E-state index is 15.0. The van der Waals surface area contributed by atoms with Crippen molar-refractivity contribution in [2.45, 2.75) is 93.3 Å². The van der Waals surface area contributed by atoms with E-state index in [0.29, 0.717) is 0 Å². The van der Waals surface area contributed by atoms with Crippen molar-refractivity contribution >= 4 is 23.5 Å². The Morgan fingerprint density at radius 3 is 2.58 bits per heavy atom. The monoisotopic (exact) mass is 558 g/mol. The summed E-state index contributed by atoms with van der Waals surface area (Å²) in [5.74, 6) is -7.78. The van der Waals surface area contributed by atoms with Crippen molar-refractivity contribution in [1.82, 2.24) is 0 Å². The van der Waals surface area contributed by atoms with Gasteiger partial charge in [-0.3, -0.25) is 14.4 Å². The Kier molecular flexibility index (Phi) is 4.39. The third-order valence-corrected chi connectivity index (χ3v) is 13.0. The third kappa shape index (κ3) is 2.13. The van der Waals surface area contributed by atoms with Gasteiger partial charge >= 0.3 is 11.9 Å². The Morgan fingerprint density at radius 2 is 1.85 bits per heavy atom. The molecule has 0 amide bonds. The van der Waals surface area contributed by atoms with Gasteiger partial charge in [0.25, 0.3) is 0 Å². The average Bonchev–Trinajstić information content (AvgIpc) is 3.22. The van der Waals surface area contributed by atoms with Crippen LogP contribution in [0.15, 0.2) is 12.2 Å². The second-order valence-electron chi connectivity index (χ2n) is 13.9. The molecule has 40 heavy (non-hydrogen) atoms. The van der Waals surface area contributed by atoms with Crippen LogP contribution in [0.2, 0.25) is 0 Å². The van der Waals surface area contributed by atoms with Crippen LogP contribution in [0.5, 0.6) is 0 Å². The number of esters is 2. The number of hydrogen-bond donors (Lipinski definition) is 2. The zero-order valence-corrected chi connectivity index (χ0v) is 22.9. The van der Waals surface area contributed by atoms with E-state index in [0.717, 1.165) is 0 Å². The smallest absolute Gasteiger partial charge is 0.342 e. The summed E-state index contributed by atoms with van der Waals surface area (Å²) in [4.78, 5) is 56.0. The molecule has 0 radical (unpaired) electrons. The van der Waals surface area contributed by atoms with Gasteiger partial charge in [-0.1, -0.05) is 13.0 Å². The molecule has 2 spiro atoms. The highest BCUT2D eigenvalue weighted by atomic mass is 16.8. The number of carbonyl (C=O) groups is 4. The minimum absolute atomic E-state index is 0.0168. The summed E-state index contributed by atoms with van der Waals surface area (Å²) < 4.78 is 31.1. The standard InChI is InChI=1S/C29H34O11/c1-23-11-18-25(3)29-19(23)20(32)28(40-29,37-12-15(23)21(33)38-18)14-10-17(31)27(36-4)8-5-6-16(30)24(27,2)13(14)7-9-26(29,35)22(34)39-25/h5-6,13-15,17-19,31,35H,7-12H2,1-4H3/t13-,14+,15-,17+,18+,19-,23+,24-,25-,26?,27-,28-,29-/m0/s1. The fourth-order valence-corrected chi connectivity index (χ4v) is 11.0. The summed E-state index contributed by atoms with van der Waals surface area (Å²) in [6.07, 6.45) is 1.55. The molecule has 13 atom stereocenters. The first-order valence-electron chi connectivity index (χ1n) is 14.2. The lowest BCUT2D eigenvalue weighted by Gasteiger charge is -2.64. The Morgan fingerprint density at radius 1 is 1.10 bits per heavy atom. The predicted molar refractivity (Wildman–Crippen MR) is 130 cm³/mol. The topological polar surface area (TPSA) is 155 Å². The molecule has 5 heterocycles. The molecular weight excluding hydrogens is 524 g/mol. The number of allylic oxidation sites excluding steroid dienone is 1. The van der Waals surface area contributed by atoms with Gasteiger partial charge < -0.3 is 33.9 Å². The Labute approximate surface area is 230 Å². The number of ketones is 2. The van der Waals surface area contributed by atoms with Crippen molar-refractivity contribution in [2.75, 3.05) is 13.7 Å². The highest BCUT2D eigenvalue weighted by molar-refractivity contribution is 6.00. The molecule has 5 aliphatic heterocycles. The number of fused-ring (bicyclic) bond motifs is 5. The second kappa shape index (κ2) is 6.89. The van der Waals surface area contributed by atoms with Gasteiger partial charge in [-0.05, 0) is 63.4 Å². The van der Waals surface area contributed by atoms with Gasteiger partial charge in [-0.15, -0.1) is 0 Å². The summed E-state index contributed by atoms with van der Waals surface area (Å²) in [5, 5.41) is 24.2. The van der Waals surface area contributed by atoms with Crippen LogP contribution in [-0.4, -0.2) is 87.8 Å². The number of methoxy groups -OCH3 is 1. The quantitative estimate of drug-likeness (QED) is 0.429. The van der Waals surface area contributed by atoms with Gasteiger partial charge in [0, 0.05) is 13.0 Å². The maximum Gasteiger partial charge on any atom is 0.342 e. The lowest BCUT2D eigenvalue weighted by molar-refractivity contribution is -0.382. The molecule has 0 aromatic carbocycles. The number of rotatable bonds is 1. The second-order valence-corrected chi connectivity index (χ2v) is 13.9. The van der Waals surface area contributed by atoms with Crippen LogP contribution in [0.3, 0.4) is 0 Å². The average molecular weight is 559 g/mol. The SMILES string of the molecule is CO[C@]12CC=CC(=O)[C@]1(C)[C@H]1CCC3(O)C(=O)O[C@@]4(C)[C@H]5C[C@]6(C)[C@@H](CO[C@]7(O[C@]34[C@H]6C7=O)[C@@H]1C[C@H]2O)C(=O)O5. The first-order valence-corrected chi connectivity index (χ1v) is 14.2.